The molecule has 1 aliphatic carbocycles. The van der Waals surface area contributed by atoms with E-state index in [0.29, 0.717) is 6.42 Å². The number of hydrogen-bond acceptors (Lipinski definition) is 6. The van der Waals surface area contributed by atoms with Crippen molar-refractivity contribution >= 4 is 23.9 Å². The lowest BCUT2D eigenvalue weighted by Crippen LogP contribution is -2.47. The van der Waals surface area contributed by atoms with Crippen molar-refractivity contribution in [3.8, 4) is 11.5 Å². The first-order valence-electron chi connectivity index (χ1n) is 12.0. The Kier molecular flexibility index (Phi) is 6.82. The van der Waals surface area contributed by atoms with Crippen LogP contribution in [0.5, 0.6) is 11.5 Å². The van der Waals surface area contributed by atoms with Crippen LogP contribution in [0.25, 0.3) is 0 Å². The van der Waals surface area contributed by atoms with E-state index in [4.69, 9.17) is 9.47 Å². The minimum atomic E-state index is -0.715. The van der Waals surface area contributed by atoms with E-state index in [1.807, 2.05) is 48.8 Å². The summed E-state index contributed by atoms with van der Waals surface area (Å²) in [6.07, 6.45) is 4.28. The van der Waals surface area contributed by atoms with Gasteiger partial charge in [-0.05, 0) is 61.7 Å². The van der Waals surface area contributed by atoms with Crippen LogP contribution in [0.1, 0.15) is 46.8 Å². The van der Waals surface area contributed by atoms with Gasteiger partial charge in [-0.1, -0.05) is 30.3 Å². The van der Waals surface area contributed by atoms with Gasteiger partial charge >= 0.3 is 0 Å². The number of benzene rings is 3. The molecule has 5 rings (SSSR count). The van der Waals surface area contributed by atoms with E-state index >= 15 is 0 Å². The maximum absolute atomic E-state index is 12.7. The summed E-state index contributed by atoms with van der Waals surface area (Å²) < 4.78 is 12.2. The topological polar surface area (TPSA) is 51.1 Å². The quantitative estimate of drug-likeness (QED) is 0.360. The standard InChI is InChI=1S/C29H30N2O3S/c1-29(31-18-17-30-20-31,21-7-4-3-5-8-21)34-28-16-15-25-24(9-6-10-27(25)32)26(28)19-35-23-13-11-22(33-2)12-14-23/h3-5,7-8,11-16,20H,6,9-10,17-19H2,1-2H3/t29-/m0/s1. The molecule has 5 nitrogen and oxygen atoms in total. The number of carbonyl (C=O) groups is 1. The number of nitrogens with zero attached hydrogens (tertiary/aromatic N) is 2. The van der Waals surface area contributed by atoms with Crippen molar-refractivity contribution in [2.24, 2.45) is 4.99 Å². The first-order valence-corrected chi connectivity index (χ1v) is 13.0. The van der Waals surface area contributed by atoms with Crippen molar-refractivity contribution in [3.05, 3.63) is 89.0 Å². The lowest BCUT2D eigenvalue weighted by molar-refractivity contribution is -0.0258. The van der Waals surface area contributed by atoms with Crippen LogP contribution in [0, 0.1) is 0 Å². The van der Waals surface area contributed by atoms with Crippen LogP contribution >= 0.6 is 11.8 Å². The summed E-state index contributed by atoms with van der Waals surface area (Å²) in [7, 11) is 1.67. The molecular formula is C29H30N2O3S. The first kappa shape index (κ1) is 23.5. The van der Waals surface area contributed by atoms with Crippen LogP contribution in [0.15, 0.2) is 76.6 Å². The third-order valence-electron chi connectivity index (χ3n) is 6.82. The minimum Gasteiger partial charge on any atom is -0.497 e. The predicted molar refractivity (Wildman–Crippen MR) is 141 cm³/mol. The molecule has 1 heterocycles. The molecule has 3 aromatic carbocycles. The number of ketones is 1. The Balaban J connectivity index is 1.53. The fraction of sp³-hybridized carbons (Fsp3) is 0.310. The largest absolute Gasteiger partial charge is 0.497 e. The summed E-state index contributed by atoms with van der Waals surface area (Å²) in [4.78, 5) is 20.5. The number of hydrogen-bond donors (Lipinski definition) is 0. The minimum absolute atomic E-state index is 0.228. The van der Waals surface area contributed by atoms with Crippen molar-refractivity contribution in [1.29, 1.82) is 0 Å². The molecule has 1 atom stereocenters. The van der Waals surface area contributed by atoms with E-state index in [0.717, 1.165) is 70.3 Å². The average Bonchev–Trinajstić information content (AvgIpc) is 3.45. The van der Waals surface area contributed by atoms with Gasteiger partial charge in [-0.15, -0.1) is 11.8 Å². The SMILES string of the molecule is COc1ccc(SCc2c(O[C@@](C)(c3ccccc3)N3C=NCC3)ccc3c2CCCC3=O)cc1. The second-order valence-corrected chi connectivity index (χ2v) is 10.0. The van der Waals surface area contributed by atoms with Crippen molar-refractivity contribution in [2.45, 2.75) is 42.6 Å². The molecule has 0 saturated heterocycles. The zero-order valence-corrected chi connectivity index (χ0v) is 21.0. The summed E-state index contributed by atoms with van der Waals surface area (Å²) in [5, 5.41) is 0. The highest BCUT2D eigenvalue weighted by molar-refractivity contribution is 7.98. The molecule has 0 N–H and O–H groups in total. The first-order chi connectivity index (χ1) is 17.1. The highest BCUT2D eigenvalue weighted by atomic mass is 32.2. The van der Waals surface area contributed by atoms with Crippen molar-refractivity contribution in [1.82, 2.24) is 4.90 Å². The van der Waals surface area contributed by atoms with Gasteiger partial charge in [0.1, 0.15) is 11.5 Å². The fourth-order valence-corrected chi connectivity index (χ4v) is 5.76. The summed E-state index contributed by atoms with van der Waals surface area (Å²) in [5.41, 5.74) is 3.43. The third kappa shape index (κ3) is 4.80. The molecule has 0 amide bonds. The van der Waals surface area contributed by atoms with Crippen LogP contribution in [0.4, 0.5) is 0 Å². The van der Waals surface area contributed by atoms with Gasteiger partial charge in [0.25, 0.3) is 0 Å². The monoisotopic (exact) mass is 486 g/mol. The lowest BCUT2D eigenvalue weighted by atomic mass is 9.87. The molecular weight excluding hydrogens is 456 g/mol. The van der Waals surface area contributed by atoms with E-state index in [2.05, 4.69) is 41.1 Å². The summed E-state index contributed by atoms with van der Waals surface area (Å²) in [6, 6.07) is 22.3. The lowest BCUT2D eigenvalue weighted by Gasteiger charge is -2.39. The number of aliphatic imine (C=N–C) groups is 1. The molecule has 1 aliphatic heterocycles. The molecule has 0 unspecified atom stereocenters. The smallest absolute Gasteiger partial charge is 0.207 e. The second kappa shape index (κ2) is 10.2. The molecule has 6 heteroatoms. The van der Waals surface area contributed by atoms with Crippen molar-refractivity contribution in [3.63, 3.8) is 0 Å². The van der Waals surface area contributed by atoms with Gasteiger partial charge in [-0.3, -0.25) is 9.79 Å². The Morgan fingerprint density at radius 3 is 2.54 bits per heavy atom. The fourth-order valence-electron chi connectivity index (χ4n) is 4.81. The Bertz CT molecular complexity index is 1230. The van der Waals surface area contributed by atoms with Crippen LogP contribution in [-0.4, -0.2) is 37.2 Å². The zero-order valence-electron chi connectivity index (χ0n) is 20.2. The Hall–Kier alpha value is -3.25. The number of rotatable bonds is 8. The van der Waals surface area contributed by atoms with Gasteiger partial charge in [0.2, 0.25) is 5.72 Å². The summed E-state index contributed by atoms with van der Waals surface area (Å²) in [6.45, 7) is 3.65. The highest BCUT2D eigenvalue weighted by Gasteiger charge is 2.37. The van der Waals surface area contributed by atoms with Crippen LogP contribution in [0.2, 0.25) is 0 Å². The normalized spacial score (nSPS) is 16.6. The molecule has 2 aliphatic rings. The summed E-state index contributed by atoms with van der Waals surface area (Å²) >= 11 is 1.75. The predicted octanol–water partition coefficient (Wildman–Crippen LogP) is 6.10. The van der Waals surface area contributed by atoms with Gasteiger partial charge in [-0.25, -0.2) is 0 Å². The Morgan fingerprint density at radius 2 is 1.83 bits per heavy atom. The molecule has 3 aromatic rings. The van der Waals surface area contributed by atoms with E-state index in [1.165, 1.54) is 0 Å². The number of ether oxygens (including phenoxy) is 2. The van der Waals surface area contributed by atoms with Crippen molar-refractivity contribution < 1.29 is 14.3 Å². The molecule has 0 fully saturated rings. The average molecular weight is 487 g/mol. The maximum Gasteiger partial charge on any atom is 0.207 e. The van der Waals surface area contributed by atoms with Gasteiger partial charge in [0, 0.05) is 40.3 Å². The number of methoxy groups -OCH3 is 1. The van der Waals surface area contributed by atoms with Crippen molar-refractivity contribution in [2.75, 3.05) is 20.2 Å². The number of carbonyl (C=O) groups excluding carboxylic acids is 1. The van der Waals surface area contributed by atoms with E-state index in [9.17, 15) is 4.79 Å². The molecule has 35 heavy (non-hydrogen) atoms. The van der Waals surface area contributed by atoms with Gasteiger partial charge < -0.3 is 14.4 Å². The third-order valence-corrected chi connectivity index (χ3v) is 7.86. The number of fused-ring (bicyclic) bond motifs is 1. The number of thioether (sulfide) groups is 1. The number of Topliss-reactive ketones (excluding diaryl/α,β-unsaturated/α-hetero) is 1. The molecule has 0 spiro atoms. The summed E-state index contributed by atoms with van der Waals surface area (Å²) in [5.74, 6) is 2.61. The Morgan fingerprint density at radius 1 is 1.03 bits per heavy atom. The van der Waals surface area contributed by atoms with E-state index in [-0.39, 0.29) is 5.78 Å². The Labute approximate surface area is 211 Å². The van der Waals surface area contributed by atoms with Gasteiger partial charge in [0.15, 0.2) is 5.78 Å². The molecule has 0 saturated carbocycles. The highest BCUT2D eigenvalue weighted by Crippen LogP contribution is 2.40. The van der Waals surface area contributed by atoms with Gasteiger partial charge in [-0.2, -0.15) is 0 Å². The molecule has 0 aromatic heterocycles. The maximum atomic E-state index is 12.7. The van der Waals surface area contributed by atoms with Crippen LogP contribution in [0.3, 0.4) is 0 Å². The second-order valence-electron chi connectivity index (χ2n) is 8.98. The van der Waals surface area contributed by atoms with E-state index < -0.39 is 5.72 Å². The van der Waals surface area contributed by atoms with Gasteiger partial charge in [0.05, 0.1) is 20.0 Å². The van der Waals surface area contributed by atoms with E-state index in [1.54, 1.807) is 18.9 Å². The molecule has 0 bridgehead atoms. The zero-order chi connectivity index (χ0) is 24.3. The van der Waals surface area contributed by atoms with Crippen LogP contribution in [-0.2, 0) is 17.9 Å². The van der Waals surface area contributed by atoms with Crippen LogP contribution < -0.4 is 9.47 Å². The molecule has 180 valence electrons. The molecule has 0 radical (unpaired) electrons.